The van der Waals surface area contributed by atoms with Crippen LogP contribution >= 0.6 is 11.8 Å². The van der Waals surface area contributed by atoms with Gasteiger partial charge in [0.2, 0.25) is 5.91 Å². The number of nitrogens with zero attached hydrogens (tertiary/aromatic N) is 3. The van der Waals surface area contributed by atoms with Crippen LogP contribution in [-0.4, -0.2) is 34.8 Å². The van der Waals surface area contributed by atoms with E-state index in [-0.39, 0.29) is 11.5 Å². The smallest absolute Gasteiger partial charge is 0.262 e. The molecule has 3 rings (SSSR count). The molecule has 0 aliphatic rings. The highest BCUT2D eigenvalue weighted by atomic mass is 32.2. The number of amides is 1. The summed E-state index contributed by atoms with van der Waals surface area (Å²) in [5, 5.41) is 3.53. The van der Waals surface area contributed by atoms with Gasteiger partial charge < -0.3 is 10.2 Å². The fourth-order valence-corrected chi connectivity index (χ4v) is 3.74. The van der Waals surface area contributed by atoms with Crippen molar-refractivity contribution < 1.29 is 4.79 Å². The first-order chi connectivity index (χ1) is 13.9. The molecule has 7 heteroatoms. The number of para-hydroxylation sites is 1. The lowest BCUT2D eigenvalue weighted by Crippen LogP contribution is -2.26. The van der Waals surface area contributed by atoms with E-state index in [1.165, 1.54) is 11.8 Å². The van der Waals surface area contributed by atoms with E-state index in [0.29, 0.717) is 22.6 Å². The number of allylic oxidation sites excluding steroid dienone is 1. The topological polar surface area (TPSA) is 67.2 Å². The number of thioether (sulfide) groups is 1. The van der Waals surface area contributed by atoms with Gasteiger partial charge in [-0.3, -0.25) is 14.2 Å². The van der Waals surface area contributed by atoms with Gasteiger partial charge in [0.15, 0.2) is 5.16 Å². The zero-order valence-corrected chi connectivity index (χ0v) is 17.6. The summed E-state index contributed by atoms with van der Waals surface area (Å²) in [6.07, 6.45) is 1.65. The molecule has 0 spiro atoms. The number of benzene rings is 2. The molecule has 1 N–H and O–H groups in total. The maximum absolute atomic E-state index is 12.8. The van der Waals surface area contributed by atoms with E-state index in [2.05, 4.69) is 16.9 Å². The standard InChI is InChI=1S/C22H24N4O2S/c1-5-14-26-21(28)18-8-6-7-9-19(18)24-22(26)29-15(2)20(27)23-16-10-12-17(13-11-16)25(3)4/h5-13,15H,1,14H2,2-4H3,(H,23,27)/t15-/m1/s1. The summed E-state index contributed by atoms with van der Waals surface area (Å²) >= 11 is 1.26. The maximum atomic E-state index is 12.8. The normalized spacial score (nSPS) is 11.8. The molecule has 29 heavy (non-hydrogen) atoms. The molecule has 6 nitrogen and oxygen atoms in total. The highest BCUT2D eigenvalue weighted by Gasteiger charge is 2.19. The van der Waals surface area contributed by atoms with Gasteiger partial charge in [0.05, 0.1) is 16.2 Å². The first-order valence-corrected chi connectivity index (χ1v) is 10.1. The molecule has 1 atom stereocenters. The highest BCUT2D eigenvalue weighted by molar-refractivity contribution is 8.00. The summed E-state index contributed by atoms with van der Waals surface area (Å²) < 4.78 is 1.55. The van der Waals surface area contributed by atoms with Gasteiger partial charge >= 0.3 is 0 Å². The van der Waals surface area contributed by atoms with E-state index < -0.39 is 5.25 Å². The quantitative estimate of drug-likeness (QED) is 0.366. The molecule has 1 aromatic heterocycles. The van der Waals surface area contributed by atoms with Crippen LogP contribution in [0.1, 0.15) is 6.92 Å². The van der Waals surface area contributed by atoms with Crippen molar-refractivity contribution in [2.24, 2.45) is 0 Å². The number of rotatable bonds is 7. The van der Waals surface area contributed by atoms with Gasteiger partial charge in [0.25, 0.3) is 5.56 Å². The molecule has 1 heterocycles. The third-order valence-corrected chi connectivity index (χ3v) is 5.53. The lowest BCUT2D eigenvalue weighted by molar-refractivity contribution is -0.115. The summed E-state index contributed by atoms with van der Waals surface area (Å²) in [6, 6.07) is 14.8. The van der Waals surface area contributed by atoms with Crippen LogP contribution in [-0.2, 0) is 11.3 Å². The molecule has 0 unspecified atom stereocenters. The Kier molecular flexibility index (Phi) is 6.39. The Bertz CT molecular complexity index is 1090. The lowest BCUT2D eigenvalue weighted by Gasteiger charge is -2.16. The number of nitrogens with one attached hydrogen (secondary N) is 1. The number of anilines is 2. The molecule has 3 aromatic rings. The average Bonchev–Trinajstić information content (AvgIpc) is 2.71. The lowest BCUT2D eigenvalue weighted by atomic mass is 10.2. The van der Waals surface area contributed by atoms with E-state index in [0.717, 1.165) is 11.4 Å². The van der Waals surface area contributed by atoms with Crippen LogP contribution in [0.4, 0.5) is 11.4 Å². The minimum absolute atomic E-state index is 0.134. The second kappa shape index (κ2) is 8.96. The van der Waals surface area contributed by atoms with Crippen molar-refractivity contribution in [2.45, 2.75) is 23.9 Å². The van der Waals surface area contributed by atoms with Gasteiger partial charge in [-0.25, -0.2) is 4.98 Å². The Morgan fingerprint density at radius 1 is 1.24 bits per heavy atom. The van der Waals surface area contributed by atoms with E-state index in [9.17, 15) is 9.59 Å². The number of aromatic nitrogens is 2. The predicted octanol–water partition coefficient (Wildman–Crippen LogP) is 3.77. The van der Waals surface area contributed by atoms with E-state index in [1.54, 1.807) is 29.7 Å². The second-order valence-corrected chi connectivity index (χ2v) is 8.11. The van der Waals surface area contributed by atoms with Gasteiger partial charge in [-0.2, -0.15) is 0 Å². The van der Waals surface area contributed by atoms with Crippen LogP contribution < -0.4 is 15.8 Å². The van der Waals surface area contributed by atoms with Gasteiger partial charge in [0.1, 0.15) is 0 Å². The molecule has 0 aliphatic heterocycles. The largest absolute Gasteiger partial charge is 0.378 e. The second-order valence-electron chi connectivity index (χ2n) is 6.81. The summed E-state index contributed by atoms with van der Waals surface area (Å²) in [5.74, 6) is -0.153. The van der Waals surface area contributed by atoms with Crippen molar-refractivity contribution in [3.8, 4) is 0 Å². The van der Waals surface area contributed by atoms with E-state index >= 15 is 0 Å². The third-order valence-electron chi connectivity index (χ3n) is 4.44. The Labute approximate surface area is 174 Å². The van der Waals surface area contributed by atoms with Crippen LogP contribution in [0.3, 0.4) is 0 Å². The summed E-state index contributed by atoms with van der Waals surface area (Å²) in [5.41, 5.74) is 2.26. The number of hydrogen-bond donors (Lipinski definition) is 1. The first kappa shape index (κ1) is 20.7. The Morgan fingerprint density at radius 3 is 2.59 bits per heavy atom. The number of carbonyl (C=O) groups is 1. The van der Waals surface area contributed by atoms with Crippen LogP contribution in [0.5, 0.6) is 0 Å². The van der Waals surface area contributed by atoms with Crippen molar-refractivity contribution in [3.05, 3.63) is 71.5 Å². The maximum Gasteiger partial charge on any atom is 0.262 e. The Balaban J connectivity index is 1.82. The average molecular weight is 409 g/mol. The fraction of sp³-hybridized carbons (Fsp3) is 0.227. The van der Waals surface area contributed by atoms with Crippen molar-refractivity contribution in [2.75, 3.05) is 24.3 Å². The van der Waals surface area contributed by atoms with Crippen LogP contribution in [0, 0.1) is 0 Å². The minimum Gasteiger partial charge on any atom is -0.378 e. The predicted molar refractivity (Wildman–Crippen MR) is 121 cm³/mol. The van der Waals surface area contributed by atoms with Crippen molar-refractivity contribution in [3.63, 3.8) is 0 Å². The number of hydrogen-bond acceptors (Lipinski definition) is 5. The van der Waals surface area contributed by atoms with E-state index in [1.807, 2.05) is 55.4 Å². The van der Waals surface area contributed by atoms with Gasteiger partial charge in [0, 0.05) is 32.0 Å². The molecule has 0 fully saturated rings. The van der Waals surface area contributed by atoms with Crippen molar-refractivity contribution in [1.29, 1.82) is 0 Å². The van der Waals surface area contributed by atoms with E-state index in [4.69, 9.17) is 0 Å². The zero-order valence-electron chi connectivity index (χ0n) is 16.8. The number of carbonyl (C=O) groups excluding carboxylic acids is 1. The molecule has 0 saturated heterocycles. The van der Waals surface area contributed by atoms with Crippen LogP contribution in [0.15, 0.2) is 71.1 Å². The molecule has 0 radical (unpaired) electrons. The van der Waals surface area contributed by atoms with Crippen molar-refractivity contribution >= 4 is 39.9 Å². The number of fused-ring (bicyclic) bond motifs is 1. The SMILES string of the molecule is C=CCn1c(S[C@H](C)C(=O)Nc2ccc(N(C)C)cc2)nc2ccccc2c1=O. The Morgan fingerprint density at radius 2 is 1.93 bits per heavy atom. The zero-order chi connectivity index (χ0) is 21.0. The Hall–Kier alpha value is -3.06. The monoisotopic (exact) mass is 408 g/mol. The van der Waals surface area contributed by atoms with Gasteiger partial charge in [-0.15, -0.1) is 6.58 Å². The molecular weight excluding hydrogens is 384 g/mol. The fourth-order valence-electron chi connectivity index (χ4n) is 2.83. The summed E-state index contributed by atoms with van der Waals surface area (Å²) in [7, 11) is 3.93. The van der Waals surface area contributed by atoms with Gasteiger partial charge in [-0.1, -0.05) is 30.0 Å². The molecule has 0 saturated carbocycles. The molecule has 1 amide bonds. The molecule has 0 aliphatic carbocycles. The van der Waals surface area contributed by atoms with Crippen LogP contribution in [0.2, 0.25) is 0 Å². The minimum atomic E-state index is -0.437. The first-order valence-electron chi connectivity index (χ1n) is 9.26. The molecule has 0 bridgehead atoms. The third kappa shape index (κ3) is 4.68. The van der Waals surface area contributed by atoms with Crippen molar-refractivity contribution in [1.82, 2.24) is 9.55 Å². The highest BCUT2D eigenvalue weighted by Crippen LogP contribution is 2.24. The summed E-state index contributed by atoms with van der Waals surface area (Å²) in [4.78, 5) is 32.1. The van der Waals surface area contributed by atoms with Crippen LogP contribution in [0.25, 0.3) is 10.9 Å². The molecule has 2 aromatic carbocycles. The molecular formula is C22H24N4O2S. The molecule has 150 valence electrons. The summed E-state index contributed by atoms with van der Waals surface area (Å²) in [6.45, 7) is 5.86. The van der Waals surface area contributed by atoms with Gasteiger partial charge in [-0.05, 0) is 43.3 Å².